The highest BCUT2D eigenvalue weighted by Gasteiger charge is 2.30. The van der Waals surface area contributed by atoms with Crippen molar-refractivity contribution in [3.8, 4) is 33.9 Å². The van der Waals surface area contributed by atoms with Crippen molar-refractivity contribution in [3.05, 3.63) is 301 Å². The van der Waals surface area contributed by atoms with Gasteiger partial charge in [-0.05, 0) is 141 Å². The molecule has 0 aliphatic carbocycles. The van der Waals surface area contributed by atoms with E-state index in [1.54, 1.807) is 11.5 Å². The molecule has 0 atom stereocenters. The van der Waals surface area contributed by atoms with Crippen LogP contribution in [-0.4, -0.2) is 18.3 Å². The fourth-order valence-corrected chi connectivity index (χ4v) is 14.0. The number of hydrogen-bond acceptors (Lipinski definition) is 0. The molecule has 0 unspecified atom stereocenters. The van der Waals surface area contributed by atoms with E-state index in [4.69, 9.17) is 12.3 Å². The van der Waals surface area contributed by atoms with Crippen LogP contribution in [0.3, 0.4) is 0 Å². The topological polar surface area (TPSA) is 19.7 Å². The Morgan fingerprint density at radius 3 is 1.10 bits per heavy atom. The van der Waals surface area contributed by atoms with Crippen LogP contribution in [0.25, 0.3) is 121 Å². The molecule has 93 heavy (non-hydrogen) atoms. The van der Waals surface area contributed by atoms with Gasteiger partial charge in [-0.25, -0.2) is 0 Å². The van der Waals surface area contributed by atoms with Gasteiger partial charge in [-0.1, -0.05) is 277 Å². The molecule has 0 amide bonds. The van der Waals surface area contributed by atoms with Crippen LogP contribution in [0.4, 0.5) is 0 Å². The molecule has 16 rings (SSSR count). The normalized spacial score (nSPS) is 13.7. The molecule has 4 heterocycles. The Labute approximate surface area is 561 Å². The molecule has 4 aromatic heterocycles. The highest BCUT2D eigenvalue weighted by Crippen LogP contribution is 2.47. The maximum absolute atomic E-state index is 9.12. The Balaban J connectivity index is 0.000000137. The molecule has 0 fully saturated rings. The molecule has 0 bridgehead atoms. The third-order valence-corrected chi connectivity index (χ3v) is 18.2. The standard InChI is InChI=1S/C35H30N2.C28H25N.C26H29N/c1-23-13-12-16-25(21-23)37-31-20-11-9-18-27(31)29-22-28-26-17-8-10-19-30(26)36(24-14-6-5-7-15-24)33(28)32(34(29)37)35(2,3)4;1-28(2,3)25-14-9-13-24-23-12-7-8-15-26(23)29(27(24)25)22-18-16-21(17-19-22)20-10-5-4-6-11-20;1-25(2,3)18-14-16-19(17-15-18)27-23-13-8-7-10-20(23)21-11-9-12-22(24(21)27)26(4,5)6/h5-22H,1-4H3;4-19H,1-3H3;7-17H,1-6H3/i5D,6D,7D,12D,13D,14D,15D,16D,21D;;. The quantitative estimate of drug-likeness (QED) is 0.164. The zero-order chi connectivity index (χ0) is 72.5. The summed E-state index contributed by atoms with van der Waals surface area (Å²) in [6.45, 7) is 28.3. The summed E-state index contributed by atoms with van der Waals surface area (Å²) >= 11 is 0. The molecule has 4 heteroatoms. The first-order valence-electron chi connectivity index (χ1n) is 36.9. The second kappa shape index (κ2) is 23.2. The molecule has 4 nitrogen and oxygen atoms in total. The van der Waals surface area contributed by atoms with Crippen LogP contribution < -0.4 is 0 Å². The molecule has 0 aliphatic rings. The smallest absolute Gasteiger partial charge is 0.0648 e. The fourth-order valence-electron chi connectivity index (χ4n) is 14.0. The van der Waals surface area contributed by atoms with Gasteiger partial charge in [0, 0.05) is 71.4 Å². The van der Waals surface area contributed by atoms with Crippen molar-refractivity contribution in [3.63, 3.8) is 0 Å². The summed E-state index contributed by atoms with van der Waals surface area (Å²) in [4.78, 5) is 0. The average Bonchev–Trinajstić information content (AvgIpc) is 1.52. The zero-order valence-electron chi connectivity index (χ0n) is 64.6. The number of hydrogen-bond donors (Lipinski definition) is 0. The van der Waals surface area contributed by atoms with E-state index in [9.17, 15) is 0 Å². The fraction of sp³-hybridized carbons (Fsp3) is 0.191. The number of fused-ring (bicyclic) bond motifs is 12. The Kier molecular flexibility index (Phi) is 12.6. The van der Waals surface area contributed by atoms with Crippen LogP contribution in [0, 0.1) is 6.92 Å². The van der Waals surface area contributed by atoms with E-state index in [0.29, 0.717) is 22.1 Å². The van der Waals surface area contributed by atoms with E-state index in [1.807, 2.05) is 79.9 Å². The van der Waals surface area contributed by atoms with Gasteiger partial charge in [-0.2, -0.15) is 0 Å². The van der Waals surface area contributed by atoms with Crippen LogP contribution in [0.15, 0.2) is 273 Å². The summed E-state index contributed by atoms with van der Waals surface area (Å²) < 4.78 is 86.7. The Bertz CT molecular complexity index is 5800. The highest BCUT2D eigenvalue weighted by molar-refractivity contribution is 6.21. The lowest BCUT2D eigenvalue weighted by atomic mass is 9.83. The van der Waals surface area contributed by atoms with Crippen molar-refractivity contribution in [2.45, 2.75) is 112 Å². The van der Waals surface area contributed by atoms with Crippen molar-refractivity contribution in [1.82, 2.24) is 18.3 Å². The minimum Gasteiger partial charge on any atom is -0.309 e. The van der Waals surface area contributed by atoms with Crippen molar-refractivity contribution in [2.24, 2.45) is 0 Å². The molecular formula is C89H84N4. The van der Waals surface area contributed by atoms with Gasteiger partial charge in [-0.3, -0.25) is 0 Å². The molecule has 0 radical (unpaired) electrons. The van der Waals surface area contributed by atoms with Crippen molar-refractivity contribution in [1.29, 1.82) is 0 Å². The molecule has 0 spiro atoms. The monoisotopic (exact) mass is 1220 g/mol. The zero-order valence-corrected chi connectivity index (χ0v) is 55.6. The summed E-state index contributed by atoms with van der Waals surface area (Å²) in [5, 5.41) is 8.69. The largest absolute Gasteiger partial charge is 0.309 e. The van der Waals surface area contributed by atoms with E-state index >= 15 is 0 Å². The third-order valence-electron chi connectivity index (χ3n) is 18.2. The summed E-state index contributed by atoms with van der Waals surface area (Å²) in [5.74, 6) is 0. The van der Waals surface area contributed by atoms with E-state index in [1.165, 1.54) is 82.8 Å². The minimum absolute atomic E-state index is 0.0141. The molecule has 0 N–H and O–H groups in total. The lowest BCUT2D eigenvalue weighted by molar-refractivity contribution is 0.590. The number of para-hydroxylation sites is 7. The molecular weight excluding hydrogens is 1130 g/mol. The van der Waals surface area contributed by atoms with E-state index in [-0.39, 0.29) is 63.9 Å². The summed E-state index contributed by atoms with van der Waals surface area (Å²) in [6, 6.07) is 74.3. The van der Waals surface area contributed by atoms with Gasteiger partial charge >= 0.3 is 0 Å². The first-order chi connectivity index (χ1) is 48.4. The molecule has 16 aromatic rings. The van der Waals surface area contributed by atoms with Gasteiger partial charge in [0.2, 0.25) is 0 Å². The highest BCUT2D eigenvalue weighted by atomic mass is 15.0. The predicted molar refractivity (Wildman–Crippen MR) is 402 cm³/mol. The van der Waals surface area contributed by atoms with Gasteiger partial charge in [0.15, 0.2) is 0 Å². The van der Waals surface area contributed by atoms with Crippen LogP contribution in [0.5, 0.6) is 0 Å². The predicted octanol–water partition coefficient (Wildman–Crippen LogP) is 24.6. The van der Waals surface area contributed by atoms with Gasteiger partial charge in [0.05, 0.1) is 56.5 Å². The summed E-state index contributed by atoms with van der Waals surface area (Å²) in [5.41, 5.74) is 18.0. The second-order valence-electron chi connectivity index (χ2n) is 28.8. The van der Waals surface area contributed by atoms with Gasteiger partial charge in [0.25, 0.3) is 0 Å². The molecule has 0 aliphatic heterocycles. The number of benzene rings is 12. The summed E-state index contributed by atoms with van der Waals surface area (Å²) in [7, 11) is 0. The number of nitrogens with zero attached hydrogens (tertiary/aromatic N) is 4. The van der Waals surface area contributed by atoms with Crippen LogP contribution in [0.2, 0.25) is 0 Å². The number of aromatic nitrogens is 4. The van der Waals surface area contributed by atoms with Crippen molar-refractivity contribution < 1.29 is 12.3 Å². The van der Waals surface area contributed by atoms with Crippen molar-refractivity contribution >= 4 is 87.2 Å². The Morgan fingerprint density at radius 2 is 0.656 bits per heavy atom. The lowest BCUT2D eigenvalue weighted by Crippen LogP contribution is -2.15. The molecule has 0 saturated carbocycles. The Hall–Kier alpha value is -10.2. The molecule has 460 valence electrons. The SMILES string of the molecule is CC(C)(C)c1ccc(-n2c3ccccc3c3cccc(C(C)(C)C)c32)cc1.CC(C)(C)c1cccc2c3ccccc3n(-c3ccc(-c4ccccc4)cc3)c12.[2H]c1c([2H])c([2H])c(-n2c3ccccc3c3cc4c5ccccc5n(-c5c([2H])c([2H])c([2H])c(C)c5[2H])c4c(C(C)(C)C)c32)c([2H])c1[2H]. The summed E-state index contributed by atoms with van der Waals surface area (Å²) in [6.07, 6.45) is 0. The average molecular weight is 1220 g/mol. The maximum Gasteiger partial charge on any atom is 0.0648 e. The maximum atomic E-state index is 9.12. The van der Waals surface area contributed by atoms with Gasteiger partial charge in [-0.15, -0.1) is 0 Å². The van der Waals surface area contributed by atoms with Crippen LogP contribution >= 0.6 is 0 Å². The van der Waals surface area contributed by atoms with E-state index in [0.717, 1.165) is 32.6 Å². The van der Waals surface area contributed by atoms with Gasteiger partial charge in [0.1, 0.15) is 0 Å². The second-order valence-corrected chi connectivity index (χ2v) is 28.8. The first kappa shape index (κ1) is 50.5. The third kappa shape index (κ3) is 10.8. The van der Waals surface area contributed by atoms with Gasteiger partial charge < -0.3 is 18.3 Å². The number of rotatable bonds is 5. The molecule has 0 saturated heterocycles. The Morgan fingerprint density at radius 1 is 0.280 bits per heavy atom. The van der Waals surface area contributed by atoms with E-state index in [2.05, 4.69) is 235 Å². The lowest BCUT2D eigenvalue weighted by Gasteiger charge is -2.25. The van der Waals surface area contributed by atoms with Crippen LogP contribution in [0.1, 0.15) is 123 Å². The first-order valence-corrected chi connectivity index (χ1v) is 32.4. The van der Waals surface area contributed by atoms with Crippen LogP contribution in [-0.2, 0) is 21.7 Å². The molecule has 12 aromatic carbocycles. The van der Waals surface area contributed by atoms with Crippen molar-refractivity contribution in [2.75, 3.05) is 0 Å². The minimum atomic E-state index is -0.609. The van der Waals surface area contributed by atoms with E-state index < -0.39 is 23.5 Å².